The van der Waals surface area contributed by atoms with Crippen molar-refractivity contribution in [1.82, 2.24) is 4.98 Å². The highest BCUT2D eigenvalue weighted by Gasteiger charge is 2.33. The Bertz CT molecular complexity index is 1260. The summed E-state index contributed by atoms with van der Waals surface area (Å²) in [5, 5.41) is 2.79. The Labute approximate surface area is 200 Å². The van der Waals surface area contributed by atoms with E-state index >= 15 is 0 Å². The van der Waals surface area contributed by atoms with E-state index in [1.165, 1.54) is 18.2 Å². The third kappa shape index (κ3) is 4.61. The quantitative estimate of drug-likeness (QED) is 0.549. The van der Waals surface area contributed by atoms with Crippen LogP contribution in [0.4, 0.5) is 36.1 Å². The summed E-state index contributed by atoms with van der Waals surface area (Å²) in [7, 11) is 0. The molecule has 2 aliphatic heterocycles. The predicted molar refractivity (Wildman–Crippen MR) is 126 cm³/mol. The molecule has 1 fully saturated rings. The van der Waals surface area contributed by atoms with E-state index in [-0.39, 0.29) is 5.69 Å². The molecule has 0 spiro atoms. The number of nitrogens with zero attached hydrogens (tertiary/aromatic N) is 3. The molecule has 5 rings (SSSR count). The largest absolute Gasteiger partial charge is 0.573 e. The van der Waals surface area contributed by atoms with Gasteiger partial charge in [-0.2, -0.15) is 0 Å². The third-order valence-corrected chi connectivity index (χ3v) is 6.01. The van der Waals surface area contributed by atoms with Crippen molar-refractivity contribution in [1.29, 1.82) is 0 Å². The van der Waals surface area contributed by atoms with Crippen LogP contribution < -0.4 is 19.9 Å². The van der Waals surface area contributed by atoms with Crippen LogP contribution in [0.15, 0.2) is 54.7 Å². The second-order valence-corrected chi connectivity index (χ2v) is 8.13. The first kappa shape index (κ1) is 23.0. The molecule has 7 nitrogen and oxygen atoms in total. The monoisotopic (exact) mass is 484 g/mol. The maximum absolute atomic E-state index is 13.5. The van der Waals surface area contributed by atoms with E-state index in [9.17, 15) is 18.0 Å². The van der Waals surface area contributed by atoms with Crippen molar-refractivity contribution >= 4 is 28.8 Å². The maximum atomic E-state index is 13.5. The molecule has 2 aliphatic rings. The third-order valence-electron chi connectivity index (χ3n) is 6.01. The van der Waals surface area contributed by atoms with Crippen LogP contribution in [0.3, 0.4) is 0 Å². The van der Waals surface area contributed by atoms with Crippen LogP contribution in [-0.2, 0) is 4.74 Å². The van der Waals surface area contributed by atoms with Gasteiger partial charge in [0.05, 0.1) is 35.8 Å². The minimum absolute atomic E-state index is 0.240. The number of alkyl halides is 3. The summed E-state index contributed by atoms with van der Waals surface area (Å²) < 4.78 is 47.8. The molecule has 0 radical (unpaired) electrons. The van der Waals surface area contributed by atoms with Crippen molar-refractivity contribution in [3.8, 4) is 16.9 Å². The number of hydrogen-bond acceptors (Lipinski definition) is 6. The number of pyridine rings is 1. The lowest BCUT2D eigenvalue weighted by Crippen LogP contribution is -2.36. The molecule has 0 bridgehead atoms. The number of benzene rings is 2. The van der Waals surface area contributed by atoms with E-state index in [1.807, 2.05) is 42.2 Å². The van der Waals surface area contributed by atoms with Crippen LogP contribution in [0.2, 0.25) is 0 Å². The van der Waals surface area contributed by atoms with Gasteiger partial charge in [0.15, 0.2) is 0 Å². The highest BCUT2D eigenvalue weighted by Crippen LogP contribution is 2.43. The van der Waals surface area contributed by atoms with E-state index in [0.717, 1.165) is 24.5 Å². The number of aromatic nitrogens is 1. The van der Waals surface area contributed by atoms with Gasteiger partial charge in [0.1, 0.15) is 11.6 Å². The number of hydrogen-bond donors (Lipinski definition) is 1. The van der Waals surface area contributed by atoms with E-state index in [4.69, 9.17) is 4.74 Å². The van der Waals surface area contributed by atoms with Crippen LogP contribution in [-0.4, -0.2) is 50.1 Å². The molecule has 0 unspecified atom stereocenters. The molecular formula is C25H23F3N4O3. The van der Waals surface area contributed by atoms with Crippen molar-refractivity contribution in [3.05, 3.63) is 60.3 Å². The van der Waals surface area contributed by atoms with Crippen LogP contribution >= 0.6 is 0 Å². The molecule has 1 N–H and O–H groups in total. The first-order valence-corrected chi connectivity index (χ1v) is 11.2. The molecule has 1 saturated heterocycles. The predicted octanol–water partition coefficient (Wildman–Crippen LogP) is 5.21. The summed E-state index contributed by atoms with van der Waals surface area (Å²) in [6.07, 6.45) is -3.12. The van der Waals surface area contributed by atoms with Gasteiger partial charge in [-0.3, -0.25) is 4.79 Å². The van der Waals surface area contributed by atoms with Crippen molar-refractivity contribution in [2.45, 2.75) is 13.3 Å². The van der Waals surface area contributed by atoms with Gasteiger partial charge in [-0.05, 0) is 48.4 Å². The fraction of sp³-hybridized carbons (Fsp3) is 0.280. The number of morpholine rings is 1. The molecule has 10 heteroatoms. The second-order valence-electron chi connectivity index (χ2n) is 8.13. The van der Waals surface area contributed by atoms with Gasteiger partial charge in [-0.15, -0.1) is 13.2 Å². The molecular weight excluding hydrogens is 461 g/mol. The van der Waals surface area contributed by atoms with Crippen LogP contribution in [0.25, 0.3) is 11.1 Å². The summed E-state index contributed by atoms with van der Waals surface area (Å²) in [6.45, 7) is 5.11. The van der Waals surface area contributed by atoms with E-state index in [1.54, 1.807) is 6.20 Å². The maximum Gasteiger partial charge on any atom is 0.573 e. The summed E-state index contributed by atoms with van der Waals surface area (Å²) in [5.41, 5.74) is 3.43. The molecule has 1 aromatic heterocycles. The number of amides is 1. The lowest BCUT2D eigenvalue weighted by atomic mass is 9.97. The smallest absolute Gasteiger partial charge is 0.406 e. The first-order valence-electron chi connectivity index (χ1n) is 11.2. The van der Waals surface area contributed by atoms with Crippen LogP contribution in [0.1, 0.15) is 17.3 Å². The van der Waals surface area contributed by atoms with Crippen molar-refractivity contribution < 1.29 is 27.4 Å². The molecule has 35 heavy (non-hydrogen) atoms. The minimum Gasteiger partial charge on any atom is -0.406 e. The Morgan fingerprint density at radius 1 is 1.09 bits per heavy atom. The Balaban J connectivity index is 1.57. The molecule has 0 aliphatic carbocycles. The average molecular weight is 484 g/mol. The Hall–Kier alpha value is -3.79. The summed E-state index contributed by atoms with van der Waals surface area (Å²) in [5.74, 6) is -0.0215. The molecule has 0 saturated carbocycles. The highest BCUT2D eigenvalue weighted by molar-refractivity contribution is 6.16. The summed E-state index contributed by atoms with van der Waals surface area (Å²) >= 11 is 0. The molecule has 0 atom stereocenters. The topological polar surface area (TPSA) is 66.9 Å². The lowest BCUT2D eigenvalue weighted by Gasteiger charge is -2.28. The molecule has 3 heterocycles. The van der Waals surface area contributed by atoms with Gasteiger partial charge in [0.2, 0.25) is 0 Å². The minimum atomic E-state index is -4.83. The van der Waals surface area contributed by atoms with Crippen molar-refractivity contribution in [3.63, 3.8) is 0 Å². The molecule has 1 amide bonds. The Morgan fingerprint density at radius 3 is 2.63 bits per heavy atom. The second kappa shape index (κ2) is 9.10. The number of halogens is 3. The van der Waals surface area contributed by atoms with Crippen LogP contribution in [0, 0.1) is 0 Å². The number of anilines is 4. The van der Waals surface area contributed by atoms with Crippen molar-refractivity contribution in [2.75, 3.05) is 48.0 Å². The van der Waals surface area contributed by atoms with Crippen LogP contribution in [0.5, 0.6) is 5.75 Å². The highest BCUT2D eigenvalue weighted by atomic mass is 19.4. The first-order chi connectivity index (χ1) is 16.8. The zero-order valence-corrected chi connectivity index (χ0v) is 18.9. The zero-order valence-electron chi connectivity index (χ0n) is 18.9. The number of fused-ring (bicyclic) bond motifs is 2. The number of carbonyl (C=O) groups is 1. The standard InChI is InChI=1S/C25H23F3N4O3/c1-2-32-20-7-6-17(35-25(26,27)28)15-19(20)30-24(33)23-18(4-3-5-21(23)32)16-8-9-29-22(14-16)31-10-12-34-13-11-31/h3-9,14-15H,2,10-13H2,1H3,(H,30,33). The number of ether oxygens (including phenoxy) is 2. The van der Waals surface area contributed by atoms with Gasteiger partial charge in [0.25, 0.3) is 5.91 Å². The zero-order chi connectivity index (χ0) is 24.6. The number of nitrogens with one attached hydrogen (secondary N) is 1. The fourth-order valence-corrected chi connectivity index (χ4v) is 4.50. The van der Waals surface area contributed by atoms with E-state index < -0.39 is 18.0 Å². The fourth-order valence-electron chi connectivity index (χ4n) is 4.50. The van der Waals surface area contributed by atoms with Crippen molar-refractivity contribution in [2.24, 2.45) is 0 Å². The molecule has 3 aromatic rings. The number of carbonyl (C=O) groups excluding carboxylic acids is 1. The average Bonchev–Trinajstić information content (AvgIpc) is 2.96. The number of rotatable bonds is 4. The van der Waals surface area contributed by atoms with Gasteiger partial charge >= 0.3 is 6.36 Å². The van der Waals surface area contributed by atoms with Gasteiger partial charge in [-0.25, -0.2) is 4.98 Å². The van der Waals surface area contributed by atoms with Gasteiger partial charge < -0.3 is 24.6 Å². The van der Waals surface area contributed by atoms with E-state index in [2.05, 4.69) is 19.9 Å². The Morgan fingerprint density at radius 2 is 1.89 bits per heavy atom. The van der Waals surface area contributed by atoms with E-state index in [0.29, 0.717) is 42.3 Å². The molecule has 182 valence electrons. The van der Waals surface area contributed by atoms with Gasteiger partial charge in [-0.1, -0.05) is 12.1 Å². The summed E-state index contributed by atoms with van der Waals surface area (Å²) in [4.78, 5) is 22.0. The Kier molecular flexibility index (Phi) is 5.98. The van der Waals surface area contributed by atoms with Gasteiger partial charge in [0, 0.05) is 31.9 Å². The normalized spacial score (nSPS) is 15.7. The molecule has 2 aromatic carbocycles. The lowest BCUT2D eigenvalue weighted by molar-refractivity contribution is -0.274. The SMILES string of the molecule is CCN1c2ccc(OC(F)(F)F)cc2NC(=O)c2c(-c3ccnc(N4CCOCC4)c3)cccc21. The summed E-state index contributed by atoms with van der Waals surface area (Å²) in [6, 6.07) is 13.3.